The molecule has 18 heavy (non-hydrogen) atoms. The summed E-state index contributed by atoms with van der Waals surface area (Å²) in [5, 5.41) is 3.62. The van der Waals surface area contributed by atoms with Crippen molar-refractivity contribution in [2.45, 2.75) is 19.1 Å². The van der Waals surface area contributed by atoms with Crippen molar-refractivity contribution in [3.63, 3.8) is 0 Å². The second-order valence-electron chi connectivity index (χ2n) is 4.37. The molecule has 5 heteroatoms. The third-order valence-corrected chi connectivity index (χ3v) is 3.12. The summed E-state index contributed by atoms with van der Waals surface area (Å²) in [5.74, 6) is 0.289. The Bertz CT molecular complexity index is 404. The molecule has 0 radical (unpaired) electrons. The van der Waals surface area contributed by atoms with E-state index in [0.29, 0.717) is 19.8 Å². The van der Waals surface area contributed by atoms with E-state index in [1.165, 1.54) is 0 Å². The van der Waals surface area contributed by atoms with E-state index in [4.69, 9.17) is 15.0 Å². The molecule has 5 nitrogen and oxygen atoms in total. The summed E-state index contributed by atoms with van der Waals surface area (Å²) < 4.78 is 11.2. The molecule has 96 valence electrons. The van der Waals surface area contributed by atoms with Crippen LogP contribution in [-0.4, -0.2) is 25.9 Å². The molecule has 1 aliphatic rings. The van der Waals surface area contributed by atoms with Crippen molar-refractivity contribution in [1.29, 1.82) is 0 Å². The summed E-state index contributed by atoms with van der Waals surface area (Å²) in [6.07, 6.45) is 0.998. The Morgan fingerprint density at radius 1 is 1.39 bits per heavy atom. The molecule has 1 saturated heterocycles. The molecule has 2 atom stereocenters. The van der Waals surface area contributed by atoms with Crippen LogP contribution in [0.1, 0.15) is 12.0 Å². The second-order valence-corrected chi connectivity index (χ2v) is 4.37. The number of hydrogen-bond acceptors (Lipinski definition) is 3. The summed E-state index contributed by atoms with van der Waals surface area (Å²) in [5.41, 5.74) is 9.48. The highest BCUT2D eigenvalue weighted by molar-refractivity contribution is 5.13. The summed E-state index contributed by atoms with van der Waals surface area (Å²) in [6.45, 7) is 2.37. The fourth-order valence-electron chi connectivity index (χ4n) is 2.09. The highest BCUT2D eigenvalue weighted by Gasteiger charge is 2.27. The van der Waals surface area contributed by atoms with Gasteiger partial charge >= 0.3 is 0 Å². The zero-order chi connectivity index (χ0) is 12.6. The van der Waals surface area contributed by atoms with Crippen LogP contribution in [0.15, 0.2) is 35.4 Å². The quantitative estimate of drug-likeness (QED) is 0.440. The van der Waals surface area contributed by atoms with Crippen LogP contribution in [0.25, 0.3) is 10.4 Å². The van der Waals surface area contributed by atoms with Crippen molar-refractivity contribution in [2.24, 2.45) is 11.0 Å². The maximum absolute atomic E-state index is 8.32. The number of azide groups is 1. The topological polar surface area (TPSA) is 67.2 Å². The van der Waals surface area contributed by atoms with E-state index in [2.05, 4.69) is 10.0 Å². The van der Waals surface area contributed by atoms with Gasteiger partial charge < -0.3 is 9.47 Å². The predicted octanol–water partition coefficient (Wildman–Crippen LogP) is 2.92. The van der Waals surface area contributed by atoms with E-state index in [9.17, 15) is 0 Å². The molecular weight excluding hydrogens is 230 g/mol. The molecule has 0 aliphatic carbocycles. The maximum atomic E-state index is 8.32. The van der Waals surface area contributed by atoms with Crippen LogP contribution in [-0.2, 0) is 16.1 Å². The van der Waals surface area contributed by atoms with Gasteiger partial charge in [0.2, 0.25) is 0 Å². The lowest BCUT2D eigenvalue weighted by Gasteiger charge is -2.16. The Balaban J connectivity index is 1.74. The van der Waals surface area contributed by atoms with Crippen molar-refractivity contribution < 1.29 is 9.47 Å². The fourth-order valence-corrected chi connectivity index (χ4v) is 2.09. The Labute approximate surface area is 106 Å². The van der Waals surface area contributed by atoms with Gasteiger partial charge in [-0.05, 0) is 23.4 Å². The van der Waals surface area contributed by atoms with E-state index in [0.717, 1.165) is 18.6 Å². The molecular formula is C13H17N3O2. The number of benzene rings is 1. The van der Waals surface area contributed by atoms with Crippen molar-refractivity contribution in [3.05, 3.63) is 46.3 Å². The molecule has 0 unspecified atom stereocenters. The Morgan fingerprint density at radius 2 is 2.22 bits per heavy atom. The molecule has 0 bridgehead atoms. The monoisotopic (exact) mass is 247 g/mol. The first-order valence-electron chi connectivity index (χ1n) is 6.14. The third-order valence-electron chi connectivity index (χ3n) is 3.12. The second kappa shape index (κ2) is 7.01. The summed E-state index contributed by atoms with van der Waals surface area (Å²) in [4.78, 5) is 2.79. The van der Waals surface area contributed by atoms with Gasteiger partial charge in [0.1, 0.15) is 0 Å². The molecule has 1 fully saturated rings. The van der Waals surface area contributed by atoms with Crippen molar-refractivity contribution in [2.75, 3.05) is 19.8 Å². The van der Waals surface area contributed by atoms with E-state index >= 15 is 0 Å². The van der Waals surface area contributed by atoms with Gasteiger partial charge in [-0.3, -0.25) is 0 Å². The number of ether oxygens (including phenoxy) is 2. The van der Waals surface area contributed by atoms with Gasteiger partial charge in [-0.2, -0.15) is 0 Å². The van der Waals surface area contributed by atoms with Crippen LogP contribution < -0.4 is 0 Å². The molecule has 1 aromatic rings. The van der Waals surface area contributed by atoms with Crippen molar-refractivity contribution in [3.8, 4) is 0 Å². The Hall–Kier alpha value is -1.55. The van der Waals surface area contributed by atoms with Crippen LogP contribution >= 0.6 is 0 Å². The van der Waals surface area contributed by atoms with Gasteiger partial charge in [0.25, 0.3) is 0 Å². The third kappa shape index (κ3) is 3.74. The highest BCUT2D eigenvalue weighted by atomic mass is 16.5. The van der Waals surface area contributed by atoms with Gasteiger partial charge in [-0.1, -0.05) is 35.4 Å². The Morgan fingerprint density at radius 3 is 3.00 bits per heavy atom. The molecule has 0 aromatic heterocycles. The van der Waals surface area contributed by atoms with Crippen molar-refractivity contribution in [1.82, 2.24) is 0 Å². The van der Waals surface area contributed by atoms with Gasteiger partial charge in [0.05, 0.1) is 19.3 Å². The first-order valence-corrected chi connectivity index (χ1v) is 6.14. The fraction of sp³-hybridized carbons (Fsp3) is 0.538. The normalized spacial score (nSPS) is 22.7. The first kappa shape index (κ1) is 12.9. The average Bonchev–Trinajstić information content (AvgIpc) is 2.85. The maximum Gasteiger partial charge on any atom is 0.0838 e. The van der Waals surface area contributed by atoms with Crippen LogP contribution in [0, 0.1) is 5.92 Å². The minimum atomic E-state index is 0.0548. The standard InChI is InChI=1S/C13H17N3O2/c14-16-15-8-12-6-7-18-13(12)10-17-9-11-4-2-1-3-5-11/h1-5,12-13H,6-10H2/t12-,13-/m1/s1. The minimum absolute atomic E-state index is 0.0548. The SMILES string of the molecule is [N-]=[N+]=NC[C@H]1CCO[C@@H]1COCc1ccccc1. The summed E-state index contributed by atoms with van der Waals surface area (Å²) in [7, 11) is 0. The highest BCUT2D eigenvalue weighted by Crippen LogP contribution is 2.22. The van der Waals surface area contributed by atoms with Crippen LogP contribution in [0.4, 0.5) is 0 Å². The van der Waals surface area contributed by atoms with Gasteiger partial charge in [0.15, 0.2) is 0 Å². The first-order chi connectivity index (χ1) is 8.90. The largest absolute Gasteiger partial charge is 0.376 e. The predicted molar refractivity (Wildman–Crippen MR) is 68.0 cm³/mol. The average molecular weight is 247 g/mol. The molecule has 0 saturated carbocycles. The molecule has 1 aliphatic heterocycles. The smallest absolute Gasteiger partial charge is 0.0838 e. The minimum Gasteiger partial charge on any atom is -0.376 e. The number of hydrogen-bond donors (Lipinski definition) is 0. The lowest BCUT2D eigenvalue weighted by Crippen LogP contribution is -2.24. The van der Waals surface area contributed by atoms with Crippen LogP contribution in [0.3, 0.4) is 0 Å². The van der Waals surface area contributed by atoms with Gasteiger partial charge in [-0.15, -0.1) is 0 Å². The lowest BCUT2D eigenvalue weighted by atomic mass is 10.0. The molecule has 0 spiro atoms. The Kier molecular flexibility index (Phi) is 5.02. The van der Waals surface area contributed by atoms with Crippen LogP contribution in [0.2, 0.25) is 0 Å². The van der Waals surface area contributed by atoms with Crippen molar-refractivity contribution >= 4 is 0 Å². The number of nitrogens with zero attached hydrogens (tertiary/aromatic N) is 3. The van der Waals surface area contributed by atoms with E-state index in [-0.39, 0.29) is 12.0 Å². The van der Waals surface area contributed by atoms with E-state index in [1.807, 2.05) is 30.3 Å². The summed E-state index contributed by atoms with van der Waals surface area (Å²) in [6, 6.07) is 10.0. The molecule has 0 amide bonds. The zero-order valence-electron chi connectivity index (χ0n) is 10.2. The van der Waals surface area contributed by atoms with E-state index < -0.39 is 0 Å². The molecule has 1 aromatic carbocycles. The summed E-state index contributed by atoms with van der Waals surface area (Å²) >= 11 is 0. The number of rotatable bonds is 6. The van der Waals surface area contributed by atoms with Crippen LogP contribution in [0.5, 0.6) is 0 Å². The molecule has 2 rings (SSSR count). The lowest BCUT2D eigenvalue weighted by molar-refractivity contribution is -0.00316. The molecule has 1 heterocycles. The van der Waals surface area contributed by atoms with Gasteiger partial charge in [0, 0.05) is 18.1 Å². The van der Waals surface area contributed by atoms with E-state index in [1.54, 1.807) is 0 Å². The zero-order valence-corrected chi connectivity index (χ0v) is 10.2. The van der Waals surface area contributed by atoms with Gasteiger partial charge in [-0.25, -0.2) is 0 Å². The molecule has 0 N–H and O–H groups in total.